The van der Waals surface area contributed by atoms with E-state index in [0.717, 1.165) is 28.4 Å². The van der Waals surface area contributed by atoms with Crippen LogP contribution in [0.4, 0.5) is 0 Å². The van der Waals surface area contributed by atoms with E-state index in [1.165, 1.54) is 0 Å². The number of hydrogen-bond donors (Lipinski definition) is 2. The lowest BCUT2D eigenvalue weighted by Gasteiger charge is -2.19. The maximum absolute atomic E-state index is 5.98. The van der Waals surface area contributed by atoms with Crippen molar-refractivity contribution in [1.29, 1.82) is 0 Å². The summed E-state index contributed by atoms with van der Waals surface area (Å²) >= 11 is 5.98. The second-order valence-electron chi connectivity index (χ2n) is 4.17. The average Bonchev–Trinajstić information content (AvgIpc) is 2.81. The van der Waals surface area contributed by atoms with Crippen molar-refractivity contribution in [1.82, 2.24) is 15.2 Å². The number of nitrogens with zero attached hydrogens (tertiary/aromatic N) is 2. The Balaban J connectivity index is 2.45. The van der Waals surface area contributed by atoms with Crippen LogP contribution >= 0.6 is 11.6 Å². The summed E-state index contributed by atoms with van der Waals surface area (Å²) in [6, 6.07) is 7.70. The molecule has 0 amide bonds. The molecule has 1 atom stereocenters. The number of benzene rings is 1. The van der Waals surface area contributed by atoms with E-state index < -0.39 is 0 Å². The van der Waals surface area contributed by atoms with E-state index in [0.29, 0.717) is 0 Å². The predicted octanol–water partition coefficient (Wildman–Crippen LogP) is 2.42. The van der Waals surface area contributed by atoms with Crippen molar-refractivity contribution >= 4 is 11.6 Å². The van der Waals surface area contributed by atoms with E-state index in [4.69, 9.17) is 17.4 Å². The van der Waals surface area contributed by atoms with Crippen LogP contribution in [0.15, 0.2) is 30.5 Å². The molecule has 18 heavy (non-hydrogen) atoms. The monoisotopic (exact) mass is 264 g/mol. The third-order valence-corrected chi connectivity index (χ3v) is 3.29. The van der Waals surface area contributed by atoms with Crippen LogP contribution in [0.3, 0.4) is 0 Å². The first kappa shape index (κ1) is 13.1. The SMILES string of the molecule is CCn1nccc1C(NN)c1ccc(Cl)cc1C. The highest BCUT2D eigenvalue weighted by molar-refractivity contribution is 6.30. The fourth-order valence-corrected chi connectivity index (χ4v) is 2.38. The van der Waals surface area contributed by atoms with Gasteiger partial charge < -0.3 is 0 Å². The van der Waals surface area contributed by atoms with Crippen LogP contribution in [0.25, 0.3) is 0 Å². The molecule has 1 unspecified atom stereocenters. The van der Waals surface area contributed by atoms with E-state index in [9.17, 15) is 0 Å². The number of nitrogens with two attached hydrogens (primary N) is 1. The molecule has 0 radical (unpaired) electrons. The molecule has 0 saturated heterocycles. The first-order chi connectivity index (χ1) is 8.67. The number of hydrazine groups is 1. The number of aromatic nitrogens is 2. The fourth-order valence-electron chi connectivity index (χ4n) is 2.15. The van der Waals surface area contributed by atoms with Crippen LogP contribution in [0.5, 0.6) is 0 Å². The lowest BCUT2D eigenvalue weighted by molar-refractivity contribution is 0.542. The molecule has 1 heterocycles. The van der Waals surface area contributed by atoms with Crippen molar-refractivity contribution in [3.05, 3.63) is 52.3 Å². The topological polar surface area (TPSA) is 55.9 Å². The first-order valence-electron chi connectivity index (χ1n) is 5.91. The smallest absolute Gasteiger partial charge is 0.0880 e. The van der Waals surface area contributed by atoms with Gasteiger partial charge in [0.2, 0.25) is 0 Å². The quantitative estimate of drug-likeness (QED) is 0.659. The van der Waals surface area contributed by atoms with E-state index >= 15 is 0 Å². The van der Waals surface area contributed by atoms with Gasteiger partial charge in [-0.2, -0.15) is 5.10 Å². The Morgan fingerprint density at radius 2 is 2.22 bits per heavy atom. The van der Waals surface area contributed by atoms with Gasteiger partial charge in [0.1, 0.15) is 0 Å². The Kier molecular flexibility index (Phi) is 4.01. The second-order valence-corrected chi connectivity index (χ2v) is 4.61. The van der Waals surface area contributed by atoms with Crippen molar-refractivity contribution in [2.24, 2.45) is 5.84 Å². The molecule has 2 aromatic rings. The molecule has 0 bridgehead atoms. The first-order valence-corrected chi connectivity index (χ1v) is 6.29. The molecule has 1 aromatic carbocycles. The molecule has 5 heteroatoms. The Morgan fingerprint density at radius 3 is 2.83 bits per heavy atom. The average molecular weight is 265 g/mol. The molecule has 2 rings (SSSR count). The summed E-state index contributed by atoms with van der Waals surface area (Å²) in [6.07, 6.45) is 1.79. The summed E-state index contributed by atoms with van der Waals surface area (Å²) in [6.45, 7) is 4.89. The Labute approximate surface area is 112 Å². The maximum atomic E-state index is 5.98. The number of aryl methyl sites for hydroxylation is 2. The Hall–Kier alpha value is -1.36. The summed E-state index contributed by atoms with van der Waals surface area (Å²) < 4.78 is 1.93. The van der Waals surface area contributed by atoms with Gasteiger partial charge in [-0.3, -0.25) is 10.5 Å². The highest BCUT2D eigenvalue weighted by Crippen LogP contribution is 2.26. The number of halogens is 1. The molecule has 0 fully saturated rings. The molecule has 0 aliphatic carbocycles. The zero-order chi connectivity index (χ0) is 13.1. The van der Waals surface area contributed by atoms with Gasteiger partial charge in [-0.1, -0.05) is 17.7 Å². The van der Waals surface area contributed by atoms with Crippen LogP contribution in [0.2, 0.25) is 5.02 Å². The Morgan fingerprint density at radius 1 is 1.44 bits per heavy atom. The molecule has 1 aromatic heterocycles. The van der Waals surface area contributed by atoms with E-state index in [1.807, 2.05) is 35.9 Å². The highest BCUT2D eigenvalue weighted by Gasteiger charge is 2.18. The van der Waals surface area contributed by atoms with Gasteiger partial charge in [-0.05, 0) is 43.2 Å². The van der Waals surface area contributed by atoms with Gasteiger partial charge in [0.25, 0.3) is 0 Å². The van der Waals surface area contributed by atoms with Crippen LogP contribution in [0.1, 0.15) is 29.8 Å². The standard InChI is InChI=1S/C13H17ClN4/c1-3-18-12(6-7-16-18)13(17-15)11-5-4-10(14)8-9(11)2/h4-8,13,17H,3,15H2,1-2H3. The van der Waals surface area contributed by atoms with Gasteiger partial charge in [0.15, 0.2) is 0 Å². The number of rotatable bonds is 4. The molecule has 4 nitrogen and oxygen atoms in total. The number of nitrogens with one attached hydrogen (secondary N) is 1. The van der Waals surface area contributed by atoms with Gasteiger partial charge in [-0.15, -0.1) is 0 Å². The molecule has 0 aliphatic rings. The van der Waals surface area contributed by atoms with Gasteiger partial charge in [-0.25, -0.2) is 5.43 Å². The minimum absolute atomic E-state index is 0.0790. The van der Waals surface area contributed by atoms with Crippen molar-refractivity contribution in [3.63, 3.8) is 0 Å². The second kappa shape index (κ2) is 5.52. The molecule has 0 aliphatic heterocycles. The summed E-state index contributed by atoms with van der Waals surface area (Å²) in [5.74, 6) is 5.70. The molecular weight excluding hydrogens is 248 g/mol. The highest BCUT2D eigenvalue weighted by atomic mass is 35.5. The zero-order valence-electron chi connectivity index (χ0n) is 10.5. The van der Waals surface area contributed by atoms with Crippen LogP contribution < -0.4 is 11.3 Å². The molecule has 3 N–H and O–H groups in total. The van der Waals surface area contributed by atoms with Gasteiger partial charge >= 0.3 is 0 Å². The summed E-state index contributed by atoms with van der Waals surface area (Å²) in [7, 11) is 0. The van der Waals surface area contributed by atoms with Crippen LogP contribution in [-0.2, 0) is 6.54 Å². The summed E-state index contributed by atoms with van der Waals surface area (Å²) in [5, 5.41) is 5.00. The fraction of sp³-hybridized carbons (Fsp3) is 0.308. The minimum atomic E-state index is -0.0790. The van der Waals surface area contributed by atoms with E-state index in [-0.39, 0.29) is 6.04 Å². The van der Waals surface area contributed by atoms with E-state index in [1.54, 1.807) is 6.20 Å². The lowest BCUT2D eigenvalue weighted by Crippen LogP contribution is -2.31. The molecule has 0 saturated carbocycles. The maximum Gasteiger partial charge on any atom is 0.0880 e. The van der Waals surface area contributed by atoms with Crippen molar-refractivity contribution in [3.8, 4) is 0 Å². The predicted molar refractivity (Wildman–Crippen MR) is 73.3 cm³/mol. The van der Waals surface area contributed by atoms with Crippen molar-refractivity contribution in [2.75, 3.05) is 0 Å². The molecule has 96 valence electrons. The molecular formula is C13H17ClN4. The summed E-state index contributed by atoms with van der Waals surface area (Å²) in [4.78, 5) is 0. The van der Waals surface area contributed by atoms with E-state index in [2.05, 4.69) is 17.4 Å². The van der Waals surface area contributed by atoms with Crippen molar-refractivity contribution < 1.29 is 0 Å². The van der Waals surface area contributed by atoms with Crippen LogP contribution in [-0.4, -0.2) is 9.78 Å². The molecule has 0 spiro atoms. The third kappa shape index (κ3) is 2.41. The Bertz CT molecular complexity index is 536. The lowest BCUT2D eigenvalue weighted by atomic mass is 9.99. The third-order valence-electron chi connectivity index (χ3n) is 3.05. The summed E-state index contributed by atoms with van der Waals surface area (Å²) in [5.41, 5.74) is 6.11. The minimum Gasteiger partial charge on any atom is -0.271 e. The largest absolute Gasteiger partial charge is 0.271 e. The van der Waals surface area contributed by atoms with Gasteiger partial charge in [0.05, 0.1) is 11.7 Å². The zero-order valence-corrected chi connectivity index (χ0v) is 11.3. The van der Waals surface area contributed by atoms with Crippen LogP contribution in [0, 0.1) is 6.92 Å². The van der Waals surface area contributed by atoms with Gasteiger partial charge in [0, 0.05) is 17.8 Å². The van der Waals surface area contributed by atoms with Crippen molar-refractivity contribution in [2.45, 2.75) is 26.4 Å². The normalized spacial score (nSPS) is 12.7. The number of hydrogen-bond acceptors (Lipinski definition) is 3.